The van der Waals surface area contributed by atoms with Crippen LogP contribution in [0, 0.1) is 5.82 Å². The molecule has 21 heavy (non-hydrogen) atoms. The van der Waals surface area contributed by atoms with Gasteiger partial charge in [0.25, 0.3) is 0 Å². The first-order valence-electron chi connectivity index (χ1n) is 6.59. The molecule has 0 unspecified atom stereocenters. The summed E-state index contributed by atoms with van der Waals surface area (Å²) in [6.45, 7) is 0.205. The summed E-state index contributed by atoms with van der Waals surface area (Å²) in [6.07, 6.45) is 1.55. The van der Waals surface area contributed by atoms with Gasteiger partial charge in [0.2, 0.25) is 0 Å². The van der Waals surface area contributed by atoms with Crippen LogP contribution < -0.4 is 4.74 Å². The van der Waals surface area contributed by atoms with Crippen molar-refractivity contribution in [3.8, 4) is 5.75 Å². The first kappa shape index (κ1) is 13.9. The van der Waals surface area contributed by atoms with Crippen LogP contribution in [0.2, 0.25) is 5.02 Å². The van der Waals surface area contributed by atoms with E-state index in [0.29, 0.717) is 17.0 Å². The summed E-state index contributed by atoms with van der Waals surface area (Å²) in [5.74, 6) is 0.240. The number of rotatable bonds is 3. The molecule has 3 rings (SSSR count). The van der Waals surface area contributed by atoms with Crippen LogP contribution in [0.15, 0.2) is 41.6 Å². The number of ether oxygens (including phenoxy) is 1. The van der Waals surface area contributed by atoms with E-state index in [2.05, 4.69) is 5.16 Å². The van der Waals surface area contributed by atoms with E-state index >= 15 is 0 Å². The minimum Gasteiger partial charge on any atom is -0.489 e. The maximum absolute atomic E-state index is 13.3. The van der Waals surface area contributed by atoms with Gasteiger partial charge in [-0.1, -0.05) is 28.9 Å². The summed E-state index contributed by atoms with van der Waals surface area (Å²) >= 11 is 5.89. The Morgan fingerprint density at radius 3 is 2.90 bits per heavy atom. The van der Waals surface area contributed by atoms with Gasteiger partial charge in [-0.3, -0.25) is 0 Å². The van der Waals surface area contributed by atoms with E-state index in [9.17, 15) is 4.39 Å². The lowest BCUT2D eigenvalue weighted by atomic mass is 10.1. The average Bonchev–Trinajstić information content (AvgIpc) is 2.91. The van der Waals surface area contributed by atoms with E-state index in [-0.39, 0.29) is 11.6 Å². The Morgan fingerprint density at radius 1 is 1.24 bits per heavy atom. The van der Waals surface area contributed by atoms with E-state index in [1.807, 2.05) is 18.2 Å². The Labute approximate surface area is 126 Å². The molecule has 0 spiro atoms. The minimum absolute atomic E-state index is 0.0911. The molecular formula is C16H13ClFNO2. The number of fused-ring (bicyclic) bond motifs is 1. The van der Waals surface area contributed by atoms with E-state index < -0.39 is 5.82 Å². The molecule has 0 amide bonds. The van der Waals surface area contributed by atoms with Gasteiger partial charge >= 0.3 is 0 Å². The lowest BCUT2D eigenvalue weighted by Gasteiger charge is -2.09. The van der Waals surface area contributed by atoms with Crippen molar-refractivity contribution in [1.29, 1.82) is 0 Å². The lowest BCUT2D eigenvalue weighted by Crippen LogP contribution is -1.99. The topological polar surface area (TPSA) is 41.8 Å². The molecule has 0 aromatic heterocycles. The van der Waals surface area contributed by atoms with Crippen LogP contribution >= 0.6 is 11.6 Å². The summed E-state index contributed by atoms with van der Waals surface area (Å²) in [6, 6.07) is 10.3. The lowest BCUT2D eigenvalue weighted by molar-refractivity contribution is 0.305. The highest BCUT2D eigenvalue weighted by atomic mass is 35.5. The van der Waals surface area contributed by atoms with Gasteiger partial charge in [0.1, 0.15) is 18.2 Å². The fraction of sp³-hybridized carbons (Fsp3) is 0.188. The quantitative estimate of drug-likeness (QED) is 0.682. The Balaban J connectivity index is 1.76. The second-order valence-corrected chi connectivity index (χ2v) is 5.25. The number of halogens is 2. The zero-order valence-electron chi connectivity index (χ0n) is 11.1. The van der Waals surface area contributed by atoms with E-state index in [4.69, 9.17) is 21.5 Å². The van der Waals surface area contributed by atoms with E-state index in [0.717, 1.165) is 24.0 Å². The van der Waals surface area contributed by atoms with Crippen molar-refractivity contribution in [3.05, 3.63) is 63.9 Å². The molecule has 1 N–H and O–H groups in total. The standard InChI is InChI=1S/C16H13ClFNO2/c17-16-11(2-1-3-14(16)18)9-21-12-5-6-13-10(8-12)4-7-15(13)19-20/h1-3,5-6,8,20H,4,7,9H2/b19-15-. The molecule has 0 saturated carbocycles. The molecule has 0 fully saturated rings. The molecular weight excluding hydrogens is 293 g/mol. The van der Waals surface area contributed by atoms with Crippen molar-refractivity contribution in [3.63, 3.8) is 0 Å². The van der Waals surface area contributed by atoms with Crippen molar-refractivity contribution in [2.24, 2.45) is 5.16 Å². The smallest absolute Gasteiger partial charge is 0.142 e. The molecule has 0 saturated heterocycles. The number of oxime groups is 1. The molecule has 2 aromatic rings. The normalized spacial score (nSPS) is 15.2. The van der Waals surface area contributed by atoms with Crippen LogP contribution in [-0.4, -0.2) is 10.9 Å². The van der Waals surface area contributed by atoms with Crippen LogP contribution in [-0.2, 0) is 13.0 Å². The Kier molecular flexibility index (Phi) is 3.80. The SMILES string of the molecule is O/N=C1/CCc2cc(OCc3cccc(F)c3Cl)ccc21. The third-order valence-electron chi connectivity index (χ3n) is 3.57. The van der Waals surface area contributed by atoms with Gasteiger partial charge in [0, 0.05) is 11.1 Å². The van der Waals surface area contributed by atoms with Gasteiger partial charge in [0.05, 0.1) is 10.7 Å². The Bertz CT molecular complexity index is 715. The molecule has 1 aliphatic rings. The largest absolute Gasteiger partial charge is 0.489 e. The van der Waals surface area contributed by atoms with Crippen LogP contribution in [0.3, 0.4) is 0 Å². The predicted octanol–water partition coefficient (Wildman–Crippen LogP) is 4.18. The monoisotopic (exact) mass is 305 g/mol. The molecule has 0 bridgehead atoms. The van der Waals surface area contributed by atoms with Crippen molar-refractivity contribution in [2.75, 3.05) is 0 Å². The van der Waals surface area contributed by atoms with Crippen molar-refractivity contribution in [2.45, 2.75) is 19.4 Å². The average molecular weight is 306 g/mol. The van der Waals surface area contributed by atoms with Crippen molar-refractivity contribution < 1.29 is 14.3 Å². The van der Waals surface area contributed by atoms with Gasteiger partial charge in [-0.2, -0.15) is 0 Å². The number of benzene rings is 2. The summed E-state index contributed by atoms with van der Waals surface area (Å²) in [5.41, 5.74) is 3.35. The van der Waals surface area contributed by atoms with E-state index in [1.165, 1.54) is 6.07 Å². The van der Waals surface area contributed by atoms with Crippen LogP contribution in [0.25, 0.3) is 0 Å². The summed E-state index contributed by atoms with van der Waals surface area (Å²) in [4.78, 5) is 0. The summed E-state index contributed by atoms with van der Waals surface area (Å²) in [5, 5.41) is 12.3. The minimum atomic E-state index is -0.449. The maximum atomic E-state index is 13.3. The molecule has 1 aliphatic carbocycles. The van der Waals surface area contributed by atoms with Crippen LogP contribution in [0.4, 0.5) is 4.39 Å². The fourth-order valence-electron chi connectivity index (χ4n) is 2.46. The van der Waals surface area contributed by atoms with Gasteiger partial charge < -0.3 is 9.94 Å². The highest BCUT2D eigenvalue weighted by molar-refractivity contribution is 6.31. The number of hydrogen-bond acceptors (Lipinski definition) is 3. The van der Waals surface area contributed by atoms with E-state index in [1.54, 1.807) is 12.1 Å². The number of aryl methyl sites for hydroxylation is 1. The molecule has 108 valence electrons. The predicted molar refractivity (Wildman–Crippen MR) is 78.8 cm³/mol. The zero-order chi connectivity index (χ0) is 14.8. The molecule has 5 heteroatoms. The highest BCUT2D eigenvalue weighted by Crippen LogP contribution is 2.28. The van der Waals surface area contributed by atoms with Crippen LogP contribution in [0.5, 0.6) is 5.75 Å². The number of nitrogens with zero attached hydrogens (tertiary/aromatic N) is 1. The third-order valence-corrected chi connectivity index (χ3v) is 3.99. The van der Waals surface area contributed by atoms with Crippen LogP contribution in [0.1, 0.15) is 23.1 Å². The maximum Gasteiger partial charge on any atom is 0.142 e. The molecule has 3 nitrogen and oxygen atoms in total. The van der Waals surface area contributed by atoms with Crippen molar-refractivity contribution in [1.82, 2.24) is 0 Å². The second-order valence-electron chi connectivity index (χ2n) is 4.87. The van der Waals surface area contributed by atoms with Crippen molar-refractivity contribution >= 4 is 17.3 Å². The molecule has 0 atom stereocenters. The Morgan fingerprint density at radius 2 is 2.10 bits per heavy atom. The van der Waals surface area contributed by atoms with Gasteiger partial charge in [-0.05, 0) is 42.7 Å². The first-order chi connectivity index (χ1) is 10.2. The number of hydrogen-bond donors (Lipinski definition) is 1. The first-order valence-corrected chi connectivity index (χ1v) is 6.97. The van der Waals surface area contributed by atoms with Gasteiger partial charge in [-0.25, -0.2) is 4.39 Å². The second kappa shape index (κ2) is 5.74. The van der Waals surface area contributed by atoms with Gasteiger partial charge in [-0.15, -0.1) is 0 Å². The summed E-state index contributed by atoms with van der Waals surface area (Å²) in [7, 11) is 0. The third kappa shape index (κ3) is 2.72. The zero-order valence-corrected chi connectivity index (χ0v) is 11.9. The molecule has 0 heterocycles. The Hall–Kier alpha value is -2.07. The molecule has 2 aromatic carbocycles. The summed E-state index contributed by atoms with van der Waals surface area (Å²) < 4.78 is 19.0. The highest BCUT2D eigenvalue weighted by Gasteiger charge is 2.18. The fourth-order valence-corrected chi connectivity index (χ4v) is 2.64. The molecule has 0 radical (unpaired) electrons. The molecule has 0 aliphatic heterocycles. The van der Waals surface area contributed by atoms with Gasteiger partial charge in [0.15, 0.2) is 0 Å².